The fourth-order valence-corrected chi connectivity index (χ4v) is 39.0. The van der Waals surface area contributed by atoms with E-state index in [0.29, 0.717) is 0 Å². The van der Waals surface area contributed by atoms with Crippen molar-refractivity contribution < 1.29 is 12.9 Å². The molecule has 0 aromatic rings. The Bertz CT molecular complexity index is 1470. The van der Waals surface area contributed by atoms with E-state index >= 15 is 0 Å². The van der Waals surface area contributed by atoms with Gasteiger partial charge in [-0.25, -0.2) is 4.21 Å². The molecule has 0 fully saturated rings. The third kappa shape index (κ3) is 12.6. The Morgan fingerprint density at radius 3 is 0.500 bits per heavy atom. The largest absolute Gasteiger partial charge is 0.750 e. The van der Waals surface area contributed by atoms with Crippen molar-refractivity contribution in [1.29, 1.82) is 0 Å². The molecule has 0 spiro atoms. The minimum Gasteiger partial charge on any atom is -0.750 e. The zero-order valence-electron chi connectivity index (χ0n) is 23.4. The van der Waals surface area contributed by atoms with Crippen molar-refractivity contribution in [3.8, 4) is 0 Å². The highest BCUT2D eigenvalue weighted by Gasteiger charge is 2.84. The first-order valence-electron chi connectivity index (χ1n) is 11.3. The van der Waals surface area contributed by atoms with Gasteiger partial charge in [0.05, 0.1) is 11.4 Å². The predicted octanol–water partition coefficient (Wildman–Crippen LogP) is 25.4. The smallest absolute Gasteiger partial charge is 0.219 e. The van der Waals surface area contributed by atoms with Gasteiger partial charge in [-0.15, -0.1) is 0 Å². The molecule has 0 rings (SSSR count). The summed E-state index contributed by atoms with van der Waals surface area (Å²) in [6.45, 7) is 0. The van der Waals surface area contributed by atoms with E-state index in [9.17, 15) is 8.76 Å². The second-order valence-corrected chi connectivity index (χ2v) is 72.2. The maximum Gasteiger partial charge on any atom is 0.219 e. The fourth-order valence-electron chi connectivity index (χ4n) is 3.06. The normalized spacial score (nSPS) is 17.7. The third-order valence-corrected chi connectivity index (χ3v) is 81.3. The maximum absolute atomic E-state index is 11.7. The number of rotatable bonds is 17. The van der Waals surface area contributed by atoms with Gasteiger partial charge in [-0.3, -0.25) is 4.18 Å². The van der Waals surface area contributed by atoms with Crippen molar-refractivity contribution in [2.75, 3.05) is 0 Å². The van der Waals surface area contributed by atoms with Crippen LogP contribution in [-0.4, -0.2) is 62.8 Å². The molecule has 0 N–H and O–H groups in total. The highest BCUT2D eigenvalue weighted by molar-refractivity contribution is 9.43. The van der Waals surface area contributed by atoms with Crippen LogP contribution in [0.4, 0.5) is 0 Å². The molecule has 56 heavy (non-hydrogen) atoms. The fraction of sp³-hybridized carbons (Fsp3) is 1.00. The Hall–Kier alpha value is 16.9. The molecule has 0 heterocycles. The quantitative estimate of drug-likeness (QED) is 0.108. The maximum atomic E-state index is 11.7. The summed E-state index contributed by atoms with van der Waals surface area (Å²) >= 11 is 131. The van der Waals surface area contributed by atoms with E-state index in [1.54, 1.807) is 0 Å². The summed E-state index contributed by atoms with van der Waals surface area (Å²) in [5, 5.41) is 0. The predicted molar refractivity (Wildman–Crippen MR) is 369 cm³/mol. The lowest BCUT2D eigenvalue weighted by Gasteiger charge is -2.62. The Kier molecular flexibility index (Phi) is 31.1. The number of hydrogen-bond acceptors (Lipinski definition) is 3. The van der Waals surface area contributed by atoms with Gasteiger partial charge in [0.15, 0.2) is 5.38 Å². The summed E-state index contributed by atoms with van der Waals surface area (Å²) in [6, 6.07) is 0. The first-order valence-corrected chi connectivity index (χ1v) is 40.1. The molecule has 0 aliphatic heterocycles. The van der Waals surface area contributed by atoms with Gasteiger partial charge in [0.1, 0.15) is 45.3 Å². The number of alkyl halides is 35. The van der Waals surface area contributed by atoms with Crippen LogP contribution in [0.5, 0.6) is 0 Å². The molecule has 0 saturated carbocycles. The molecular formula is C17Br35O3S-. The summed E-state index contributed by atoms with van der Waals surface area (Å²) in [6.07, 6.45) is 0. The van der Waals surface area contributed by atoms with E-state index in [-0.39, 0.29) is 0 Å². The van der Waals surface area contributed by atoms with Gasteiger partial charge in [0, 0.05) is 0 Å². The van der Waals surface area contributed by atoms with Crippen LogP contribution < -0.4 is 0 Å². The Morgan fingerprint density at radius 2 is 0.375 bits per heavy atom. The first kappa shape index (κ1) is 72.9. The summed E-state index contributed by atoms with van der Waals surface area (Å²) in [5.74, 6) is 0. The molecule has 0 aliphatic carbocycles. The van der Waals surface area contributed by atoms with Crippen molar-refractivity contribution in [2.24, 2.45) is 0 Å². The molecule has 0 bridgehead atoms. The molecule has 1 unspecified atom stereocenters. The van der Waals surface area contributed by atoms with E-state index in [1.807, 2.05) is 0 Å². The van der Waals surface area contributed by atoms with Crippen molar-refractivity contribution in [3.63, 3.8) is 0 Å². The van der Waals surface area contributed by atoms with Crippen LogP contribution in [-0.2, 0) is 15.5 Å². The van der Waals surface area contributed by atoms with Crippen molar-refractivity contribution in [3.05, 3.63) is 0 Å². The van der Waals surface area contributed by atoms with Gasteiger partial charge in [-0.2, -0.15) is 0 Å². The number of halogens is 35. The Labute approximate surface area is 620 Å². The van der Waals surface area contributed by atoms with E-state index in [0.717, 1.165) is 0 Å². The Balaban J connectivity index is 7.81. The van der Waals surface area contributed by atoms with Gasteiger partial charge < -0.3 is 4.55 Å². The molecular weight excluding hydrogens is 3080 g/mol. The SMILES string of the molecule is O=S([O-])OC(Br)(Br)C(Br)(Br)C(Br)(Br)C(Br)(Br)C(Br)(Br)C(Br)(Br)C(Br)(Br)C(Br)(Br)C(Br)(Br)C(Br)(Br)C(Br)(Br)C(Br)(Br)C(Br)(Br)C(Br)(Br)C(Br)(Br)C(Br)(Br)C(Br)(Br)Br. The zero-order chi connectivity index (χ0) is 46.8. The second-order valence-electron chi connectivity index (χ2n) is 9.92. The monoisotopic (exact) mass is 3050 g/mol. The van der Waals surface area contributed by atoms with Crippen LogP contribution in [0.3, 0.4) is 0 Å². The molecule has 0 saturated heterocycles. The van der Waals surface area contributed by atoms with E-state index in [2.05, 4.69) is 558 Å². The summed E-state index contributed by atoms with van der Waals surface area (Å²) in [7, 11) is 0. The van der Waals surface area contributed by atoms with Crippen LogP contribution in [0.1, 0.15) is 0 Å². The molecule has 3 nitrogen and oxygen atoms in total. The van der Waals surface area contributed by atoms with Gasteiger partial charge in [-0.1, -0.05) is 526 Å². The molecule has 338 valence electrons. The first-order chi connectivity index (χ1) is 23.4. The average molecular weight is 3080 g/mol. The average Bonchev–Trinajstić information content (AvgIpc) is 2.94. The van der Waals surface area contributed by atoms with Gasteiger partial charge >= 0.3 is 0 Å². The topological polar surface area (TPSA) is 49.4 Å². The van der Waals surface area contributed by atoms with Gasteiger partial charge in [0.25, 0.3) is 0 Å². The minimum atomic E-state index is -2.97. The van der Waals surface area contributed by atoms with Crippen LogP contribution in [0, 0.1) is 0 Å². The van der Waals surface area contributed by atoms with E-state index < -0.39 is 65.4 Å². The van der Waals surface area contributed by atoms with Crippen molar-refractivity contribution in [1.82, 2.24) is 0 Å². The van der Waals surface area contributed by atoms with Crippen LogP contribution >= 0.6 is 558 Å². The summed E-state index contributed by atoms with van der Waals surface area (Å²) in [5.41, 5.74) is 0. The molecule has 0 amide bonds. The third-order valence-electron chi connectivity index (χ3n) is 6.42. The molecule has 39 heteroatoms. The second kappa shape index (κ2) is 23.9. The molecule has 0 aromatic heterocycles. The zero-order valence-corrected chi connectivity index (χ0v) is 79.7. The highest BCUT2D eigenvalue weighted by atomic mass is 80.0. The van der Waals surface area contributed by atoms with E-state index in [1.165, 1.54) is 0 Å². The number of hydrogen-bond donors (Lipinski definition) is 0. The summed E-state index contributed by atoms with van der Waals surface area (Å²) in [4.78, 5) is 0. The van der Waals surface area contributed by atoms with Crippen LogP contribution in [0.25, 0.3) is 0 Å². The summed E-state index contributed by atoms with van der Waals surface area (Å²) < 4.78 is 5.20. The molecule has 0 aromatic carbocycles. The Morgan fingerprint density at radius 1 is 0.250 bits per heavy atom. The highest BCUT2D eigenvalue weighted by Crippen LogP contribution is 2.84. The lowest BCUT2D eigenvalue weighted by Crippen LogP contribution is -2.74. The standard InChI is InChI=1S/C17HBr35O3S/c18-1(19,2(20,21)4(24,25)6(28,29)8(32,33)10(36,37)12(40,41)14(44,45)16(48,49)50)3(22,23)5(26,27)7(30,31)9(34,35)11(38,39)13(42,43)15(46,47)17(51,52)55-56(53)54/h(H,53,54)/p-1. The molecule has 0 aliphatic rings. The van der Waals surface area contributed by atoms with E-state index in [4.69, 9.17) is 4.18 Å². The van der Waals surface area contributed by atoms with Crippen molar-refractivity contribution >= 4 is 569 Å². The minimum absolute atomic E-state index is 0.933. The van der Waals surface area contributed by atoms with Crippen LogP contribution in [0.2, 0.25) is 0 Å². The van der Waals surface area contributed by atoms with Gasteiger partial charge in [-0.05, 0) is 31.9 Å². The lowest BCUT2D eigenvalue weighted by molar-refractivity contribution is 0.247. The van der Waals surface area contributed by atoms with Crippen molar-refractivity contribution in [2.45, 2.75) is 54.1 Å². The molecule has 0 radical (unpaired) electrons. The lowest BCUT2D eigenvalue weighted by atomic mass is 10.0. The molecule has 1 atom stereocenters. The van der Waals surface area contributed by atoms with Crippen LogP contribution in [0.15, 0.2) is 0 Å². The van der Waals surface area contributed by atoms with Gasteiger partial charge in [0.2, 0.25) is 3.42 Å².